The molecule has 2 N–H and O–H groups in total. The highest BCUT2D eigenvalue weighted by Gasteiger charge is 2.37. The first kappa shape index (κ1) is 23.3. The molecule has 0 saturated heterocycles. The molecule has 0 amide bonds. The maximum absolute atomic E-state index is 10.5. The average molecular weight is 383 g/mol. The van der Waals surface area contributed by atoms with E-state index in [9.17, 15) is 10.2 Å². The van der Waals surface area contributed by atoms with Gasteiger partial charge in [-0.1, -0.05) is 51.1 Å². The minimum absolute atomic E-state index is 0.186. The van der Waals surface area contributed by atoms with Crippen LogP contribution in [-0.2, 0) is 15.8 Å². The zero-order chi connectivity index (χ0) is 19.8. The molecule has 0 radical (unpaired) electrons. The summed E-state index contributed by atoms with van der Waals surface area (Å²) < 4.78 is 11.7. The molecule has 1 aromatic rings. The van der Waals surface area contributed by atoms with Crippen molar-refractivity contribution in [3.8, 4) is 0 Å². The predicted molar refractivity (Wildman–Crippen MR) is 110 cm³/mol. The van der Waals surface area contributed by atoms with Gasteiger partial charge in [0.15, 0.2) is 8.32 Å². The molecule has 1 aromatic carbocycles. The molecule has 0 aliphatic heterocycles. The second-order valence-corrected chi connectivity index (χ2v) is 13.7. The first-order chi connectivity index (χ1) is 12.0. The van der Waals surface area contributed by atoms with Gasteiger partial charge in [0.1, 0.15) is 0 Å². The molecule has 0 aromatic heterocycles. The topological polar surface area (TPSA) is 58.9 Å². The van der Waals surface area contributed by atoms with Crippen LogP contribution in [0.25, 0.3) is 0 Å². The Labute approximate surface area is 160 Å². The Bertz CT molecular complexity index is 508. The third kappa shape index (κ3) is 7.88. The van der Waals surface area contributed by atoms with Crippen molar-refractivity contribution in [2.75, 3.05) is 13.2 Å². The van der Waals surface area contributed by atoms with Crippen LogP contribution in [0.3, 0.4) is 0 Å². The molecule has 0 aliphatic rings. The van der Waals surface area contributed by atoms with Gasteiger partial charge in [0.2, 0.25) is 0 Å². The van der Waals surface area contributed by atoms with Crippen molar-refractivity contribution in [3.05, 3.63) is 35.9 Å². The van der Waals surface area contributed by atoms with Crippen LogP contribution in [0.5, 0.6) is 0 Å². The molecule has 4 nitrogen and oxygen atoms in total. The second-order valence-electron chi connectivity index (χ2n) is 8.91. The Kier molecular flexibility index (Phi) is 8.96. The fraction of sp³-hybridized carbons (Fsp3) is 0.714. The van der Waals surface area contributed by atoms with Crippen molar-refractivity contribution in [1.29, 1.82) is 0 Å². The van der Waals surface area contributed by atoms with Gasteiger partial charge < -0.3 is 19.4 Å². The zero-order valence-corrected chi connectivity index (χ0v) is 18.4. The molecule has 0 bridgehead atoms. The number of benzene rings is 1. The number of aliphatic hydroxyl groups excluding tert-OH is 1. The zero-order valence-electron chi connectivity index (χ0n) is 17.4. The molecule has 0 unspecified atom stereocenters. The van der Waals surface area contributed by atoms with Gasteiger partial charge in [0, 0.05) is 13.2 Å². The molecular formula is C21H38O4Si. The first-order valence-electron chi connectivity index (χ1n) is 9.62. The fourth-order valence-electron chi connectivity index (χ4n) is 2.41. The maximum atomic E-state index is 10.5. The van der Waals surface area contributed by atoms with Crippen molar-refractivity contribution in [3.63, 3.8) is 0 Å². The average Bonchev–Trinajstić information content (AvgIpc) is 2.55. The minimum atomic E-state index is -1.75. The van der Waals surface area contributed by atoms with Crippen molar-refractivity contribution >= 4 is 8.32 Å². The van der Waals surface area contributed by atoms with Crippen LogP contribution in [0.1, 0.15) is 52.5 Å². The van der Waals surface area contributed by atoms with E-state index in [1.165, 1.54) is 0 Å². The summed E-state index contributed by atoms with van der Waals surface area (Å²) in [5.74, 6) is 0. The SMILES string of the molecule is CC(C)(C)[Si](C)(C)OCCC[C@@](C)(O)[C@H](O)CCOCc1ccccc1. The van der Waals surface area contributed by atoms with E-state index in [4.69, 9.17) is 9.16 Å². The Morgan fingerprint density at radius 2 is 1.65 bits per heavy atom. The monoisotopic (exact) mass is 382 g/mol. The van der Waals surface area contributed by atoms with E-state index in [0.717, 1.165) is 12.0 Å². The van der Waals surface area contributed by atoms with Crippen LogP contribution >= 0.6 is 0 Å². The quantitative estimate of drug-likeness (QED) is 0.437. The van der Waals surface area contributed by atoms with Gasteiger partial charge in [-0.2, -0.15) is 0 Å². The lowest BCUT2D eigenvalue weighted by atomic mass is 9.92. The third-order valence-electron chi connectivity index (χ3n) is 5.46. The molecule has 0 aliphatic carbocycles. The summed E-state index contributed by atoms with van der Waals surface area (Å²) in [5, 5.41) is 21.0. The number of ether oxygens (including phenoxy) is 1. The summed E-state index contributed by atoms with van der Waals surface area (Å²) in [6.45, 7) is 14.4. The maximum Gasteiger partial charge on any atom is 0.191 e. The standard InChI is InChI=1S/C21H38O4Si/c1-20(2,3)26(5,6)25-15-10-14-21(4,23)19(22)13-16-24-17-18-11-8-7-9-12-18/h7-9,11-12,19,22-23H,10,13-17H2,1-6H3/t19-,21-/m1/s1. The lowest BCUT2D eigenvalue weighted by Crippen LogP contribution is -2.42. The summed E-state index contributed by atoms with van der Waals surface area (Å²) in [6.07, 6.45) is 0.873. The van der Waals surface area contributed by atoms with Crippen molar-refractivity contribution in [2.24, 2.45) is 0 Å². The Balaban J connectivity index is 2.26. The number of hydrogen-bond donors (Lipinski definition) is 2. The highest BCUT2D eigenvalue weighted by atomic mass is 28.4. The highest BCUT2D eigenvalue weighted by Crippen LogP contribution is 2.36. The Morgan fingerprint density at radius 3 is 2.23 bits per heavy atom. The summed E-state index contributed by atoms with van der Waals surface area (Å²) in [5.41, 5.74) is -0.0103. The lowest BCUT2D eigenvalue weighted by molar-refractivity contribution is -0.0816. The largest absolute Gasteiger partial charge is 0.417 e. The van der Waals surface area contributed by atoms with E-state index in [1.54, 1.807) is 6.92 Å². The van der Waals surface area contributed by atoms with E-state index >= 15 is 0 Å². The van der Waals surface area contributed by atoms with E-state index in [2.05, 4.69) is 33.9 Å². The highest BCUT2D eigenvalue weighted by molar-refractivity contribution is 6.74. The van der Waals surface area contributed by atoms with Crippen LogP contribution in [0.15, 0.2) is 30.3 Å². The van der Waals surface area contributed by atoms with E-state index in [0.29, 0.717) is 32.7 Å². The minimum Gasteiger partial charge on any atom is -0.417 e. The number of aliphatic hydroxyl groups is 2. The van der Waals surface area contributed by atoms with Crippen molar-refractivity contribution in [2.45, 2.75) is 83.4 Å². The van der Waals surface area contributed by atoms with Gasteiger partial charge in [-0.3, -0.25) is 0 Å². The number of hydrogen-bond acceptors (Lipinski definition) is 4. The lowest BCUT2D eigenvalue weighted by Gasteiger charge is -2.36. The van der Waals surface area contributed by atoms with Gasteiger partial charge in [-0.25, -0.2) is 0 Å². The molecule has 1 rings (SSSR count). The fourth-order valence-corrected chi connectivity index (χ4v) is 3.50. The van der Waals surface area contributed by atoms with Crippen molar-refractivity contribution < 1.29 is 19.4 Å². The Morgan fingerprint density at radius 1 is 1.04 bits per heavy atom. The van der Waals surface area contributed by atoms with Crippen molar-refractivity contribution in [1.82, 2.24) is 0 Å². The molecular weight excluding hydrogens is 344 g/mol. The second kappa shape index (κ2) is 9.99. The molecule has 26 heavy (non-hydrogen) atoms. The Hall–Kier alpha value is -0.723. The van der Waals surface area contributed by atoms with E-state index < -0.39 is 20.0 Å². The van der Waals surface area contributed by atoms with Crippen LogP contribution < -0.4 is 0 Å². The molecule has 150 valence electrons. The smallest absolute Gasteiger partial charge is 0.191 e. The van der Waals surface area contributed by atoms with Gasteiger partial charge in [0.05, 0.1) is 18.3 Å². The molecule has 0 fully saturated rings. The van der Waals surface area contributed by atoms with E-state index in [-0.39, 0.29) is 5.04 Å². The first-order valence-corrected chi connectivity index (χ1v) is 12.5. The van der Waals surface area contributed by atoms with E-state index in [1.807, 2.05) is 30.3 Å². The van der Waals surface area contributed by atoms with Gasteiger partial charge in [0.25, 0.3) is 0 Å². The van der Waals surface area contributed by atoms with Gasteiger partial charge in [-0.05, 0) is 49.9 Å². The molecule has 0 saturated carbocycles. The van der Waals surface area contributed by atoms with Gasteiger partial charge >= 0.3 is 0 Å². The molecule has 0 spiro atoms. The summed E-state index contributed by atoms with van der Waals surface area (Å²) >= 11 is 0. The summed E-state index contributed by atoms with van der Waals surface area (Å²) in [4.78, 5) is 0. The van der Waals surface area contributed by atoms with Crippen LogP contribution in [0.4, 0.5) is 0 Å². The summed E-state index contributed by atoms with van der Waals surface area (Å²) in [7, 11) is -1.75. The normalized spacial score (nSPS) is 16.3. The molecule has 0 heterocycles. The van der Waals surface area contributed by atoms with Crippen LogP contribution in [-0.4, -0.2) is 43.4 Å². The molecule has 2 atom stereocenters. The summed E-state index contributed by atoms with van der Waals surface area (Å²) in [6, 6.07) is 9.94. The van der Waals surface area contributed by atoms with Crippen LogP contribution in [0, 0.1) is 0 Å². The number of rotatable bonds is 11. The molecule has 5 heteroatoms. The predicted octanol–water partition coefficient (Wildman–Crippen LogP) is 4.51. The van der Waals surface area contributed by atoms with Crippen LogP contribution in [0.2, 0.25) is 18.1 Å². The van der Waals surface area contributed by atoms with Gasteiger partial charge in [-0.15, -0.1) is 0 Å². The third-order valence-corrected chi connectivity index (χ3v) is 10.00.